The number of anilines is 1. The van der Waals surface area contributed by atoms with Crippen molar-refractivity contribution in [2.45, 2.75) is 13.8 Å². The Morgan fingerprint density at radius 2 is 2.14 bits per heavy atom. The van der Waals surface area contributed by atoms with E-state index >= 15 is 0 Å². The van der Waals surface area contributed by atoms with E-state index in [1.807, 2.05) is 6.92 Å². The lowest BCUT2D eigenvalue weighted by molar-refractivity contribution is -0.282. The van der Waals surface area contributed by atoms with Crippen molar-refractivity contribution in [1.29, 1.82) is 0 Å². The van der Waals surface area contributed by atoms with Crippen LogP contribution in [0.25, 0.3) is 6.08 Å². The maximum atomic E-state index is 11.7. The highest BCUT2D eigenvalue weighted by Crippen LogP contribution is 2.16. The normalized spacial score (nSPS) is 10.6. The number of rotatable bonds is 7. The van der Waals surface area contributed by atoms with Crippen molar-refractivity contribution in [2.75, 3.05) is 25.6 Å². The highest BCUT2D eigenvalue weighted by Gasteiger charge is 2.14. The number of hydrogen-bond donors (Lipinski definition) is 1. The van der Waals surface area contributed by atoms with Crippen LogP contribution in [0.5, 0.6) is 0 Å². The molecule has 1 rings (SSSR count). The summed E-state index contributed by atoms with van der Waals surface area (Å²) < 4.78 is 4.67. The molecule has 0 aliphatic carbocycles. The predicted octanol–water partition coefficient (Wildman–Crippen LogP) is 1.81. The second-order valence-electron chi connectivity index (χ2n) is 3.93. The summed E-state index contributed by atoms with van der Waals surface area (Å²) in [5, 5.41) is 2.48. The number of hydrogen-bond acceptors (Lipinski definition) is 6. The zero-order chi connectivity index (χ0) is 15.7. The summed E-state index contributed by atoms with van der Waals surface area (Å²) in [6.07, 6.45) is 4.96. The molecule has 0 aliphatic heterocycles. The molecule has 0 fully saturated rings. The number of aromatic nitrogens is 1. The molecule has 0 unspecified atom stereocenters. The third-order valence-corrected chi connectivity index (χ3v) is 2.28. The Morgan fingerprint density at radius 1 is 1.38 bits per heavy atom. The van der Waals surface area contributed by atoms with Gasteiger partial charge in [-0.2, -0.15) is 0 Å². The Morgan fingerprint density at radius 3 is 2.76 bits per heavy atom. The van der Waals surface area contributed by atoms with Crippen LogP contribution in [-0.4, -0.2) is 37.2 Å². The van der Waals surface area contributed by atoms with Gasteiger partial charge in [0.25, 0.3) is 0 Å². The van der Waals surface area contributed by atoms with Crippen molar-refractivity contribution < 1.29 is 24.1 Å². The molecule has 21 heavy (non-hydrogen) atoms. The van der Waals surface area contributed by atoms with Gasteiger partial charge in [-0.3, -0.25) is 4.79 Å². The van der Waals surface area contributed by atoms with Gasteiger partial charge in [-0.25, -0.2) is 19.6 Å². The van der Waals surface area contributed by atoms with E-state index in [1.54, 1.807) is 18.2 Å². The first-order valence-electron chi connectivity index (χ1n) is 6.35. The molecule has 7 heteroatoms. The van der Waals surface area contributed by atoms with Crippen LogP contribution in [0.4, 0.5) is 5.82 Å². The Kier molecular flexibility index (Phi) is 7.06. The molecule has 1 aromatic heterocycles. The molecule has 0 atom stereocenters. The van der Waals surface area contributed by atoms with Gasteiger partial charge in [0.1, 0.15) is 18.0 Å². The van der Waals surface area contributed by atoms with E-state index in [2.05, 4.69) is 15.0 Å². The van der Waals surface area contributed by atoms with Gasteiger partial charge in [0.15, 0.2) is 0 Å². The Balaban J connectivity index is 2.88. The SMILES string of the molecule is CCOOC/C=C/c1cnc(NC(C)=O)c(C(=O)OC)c1. The molecule has 114 valence electrons. The Labute approximate surface area is 122 Å². The predicted molar refractivity (Wildman–Crippen MR) is 76.5 cm³/mol. The second kappa shape index (κ2) is 8.83. The number of carbonyl (C=O) groups is 2. The maximum Gasteiger partial charge on any atom is 0.341 e. The van der Waals surface area contributed by atoms with E-state index in [-0.39, 0.29) is 23.9 Å². The molecule has 0 bridgehead atoms. The maximum absolute atomic E-state index is 11.7. The molecule has 0 saturated heterocycles. The fourth-order valence-electron chi connectivity index (χ4n) is 1.46. The van der Waals surface area contributed by atoms with Crippen molar-refractivity contribution in [1.82, 2.24) is 4.98 Å². The number of nitrogens with zero attached hydrogens (tertiary/aromatic N) is 1. The zero-order valence-electron chi connectivity index (χ0n) is 12.2. The molecule has 1 N–H and O–H groups in total. The molecule has 1 heterocycles. The van der Waals surface area contributed by atoms with Crippen molar-refractivity contribution in [3.05, 3.63) is 29.5 Å². The minimum atomic E-state index is -0.577. The van der Waals surface area contributed by atoms with Crippen molar-refractivity contribution in [3.8, 4) is 0 Å². The first-order chi connectivity index (χ1) is 10.1. The lowest BCUT2D eigenvalue weighted by Gasteiger charge is -2.08. The highest BCUT2D eigenvalue weighted by molar-refractivity contribution is 5.99. The van der Waals surface area contributed by atoms with Gasteiger partial charge in [-0.15, -0.1) is 0 Å². The Hall–Kier alpha value is -2.25. The van der Waals surface area contributed by atoms with Crippen LogP contribution in [0.2, 0.25) is 0 Å². The highest BCUT2D eigenvalue weighted by atomic mass is 17.2. The minimum Gasteiger partial charge on any atom is -0.465 e. The molecule has 1 amide bonds. The van der Waals surface area contributed by atoms with Gasteiger partial charge in [0.2, 0.25) is 5.91 Å². The first-order valence-corrected chi connectivity index (χ1v) is 6.35. The topological polar surface area (TPSA) is 86.8 Å². The van der Waals surface area contributed by atoms with Crippen LogP contribution in [0.15, 0.2) is 18.3 Å². The fourth-order valence-corrected chi connectivity index (χ4v) is 1.46. The number of esters is 1. The standard InChI is InChI=1S/C14H18N2O5/c1-4-20-21-7-5-6-11-8-12(14(18)19-3)13(15-9-11)16-10(2)17/h5-6,8-9H,4,7H2,1-3H3,(H,15,16,17)/b6-5+. The van der Waals surface area contributed by atoms with Crippen LogP contribution < -0.4 is 5.32 Å². The summed E-state index contributed by atoms with van der Waals surface area (Å²) in [4.78, 5) is 36.4. The lowest BCUT2D eigenvalue weighted by atomic mass is 10.1. The smallest absolute Gasteiger partial charge is 0.341 e. The zero-order valence-corrected chi connectivity index (χ0v) is 12.2. The van der Waals surface area contributed by atoms with Crippen LogP contribution >= 0.6 is 0 Å². The molecule has 7 nitrogen and oxygen atoms in total. The average molecular weight is 294 g/mol. The summed E-state index contributed by atoms with van der Waals surface area (Å²) in [5.74, 6) is -0.731. The van der Waals surface area contributed by atoms with Crippen molar-refractivity contribution >= 4 is 23.8 Å². The molecule has 1 aromatic rings. The van der Waals surface area contributed by atoms with Crippen molar-refractivity contribution in [3.63, 3.8) is 0 Å². The minimum absolute atomic E-state index is 0.164. The summed E-state index contributed by atoms with van der Waals surface area (Å²) in [5.41, 5.74) is 0.852. The Bertz CT molecular complexity index is 528. The van der Waals surface area contributed by atoms with E-state index in [0.29, 0.717) is 12.2 Å². The van der Waals surface area contributed by atoms with Crippen LogP contribution in [0.1, 0.15) is 29.8 Å². The third-order valence-electron chi connectivity index (χ3n) is 2.28. The summed E-state index contributed by atoms with van der Waals surface area (Å²) in [6.45, 7) is 3.89. The number of methoxy groups -OCH3 is 1. The number of ether oxygens (including phenoxy) is 1. The number of pyridine rings is 1. The fraction of sp³-hybridized carbons (Fsp3) is 0.357. The molecule has 0 spiro atoms. The van der Waals surface area contributed by atoms with Crippen molar-refractivity contribution in [2.24, 2.45) is 0 Å². The summed E-state index contributed by atoms with van der Waals surface area (Å²) in [7, 11) is 1.26. The van der Waals surface area contributed by atoms with Crippen LogP contribution in [0.3, 0.4) is 0 Å². The molecule has 0 aliphatic rings. The van der Waals surface area contributed by atoms with E-state index in [4.69, 9.17) is 9.78 Å². The van der Waals surface area contributed by atoms with Gasteiger partial charge in [-0.05, 0) is 18.6 Å². The third kappa shape index (κ3) is 5.72. The number of nitrogens with one attached hydrogen (secondary N) is 1. The molecular formula is C14H18N2O5. The van der Waals surface area contributed by atoms with Gasteiger partial charge in [0.05, 0.1) is 13.7 Å². The molecule has 0 aromatic carbocycles. The largest absolute Gasteiger partial charge is 0.465 e. The second-order valence-corrected chi connectivity index (χ2v) is 3.93. The van der Waals surface area contributed by atoms with E-state index in [9.17, 15) is 9.59 Å². The number of amides is 1. The van der Waals surface area contributed by atoms with Gasteiger partial charge in [-0.1, -0.05) is 12.2 Å². The number of carbonyl (C=O) groups excluding carboxylic acids is 2. The first kappa shape index (κ1) is 16.8. The van der Waals surface area contributed by atoms with Gasteiger partial charge < -0.3 is 10.1 Å². The monoisotopic (exact) mass is 294 g/mol. The molecule has 0 saturated carbocycles. The summed E-state index contributed by atoms with van der Waals surface area (Å²) >= 11 is 0. The average Bonchev–Trinajstić information content (AvgIpc) is 2.47. The quantitative estimate of drug-likeness (QED) is 0.357. The summed E-state index contributed by atoms with van der Waals surface area (Å²) in [6, 6.07) is 1.57. The van der Waals surface area contributed by atoms with Gasteiger partial charge in [0, 0.05) is 13.1 Å². The molecular weight excluding hydrogens is 276 g/mol. The van der Waals surface area contributed by atoms with Gasteiger partial charge >= 0.3 is 5.97 Å². The van der Waals surface area contributed by atoms with Crippen LogP contribution in [-0.2, 0) is 19.3 Å². The molecule has 0 radical (unpaired) electrons. The van der Waals surface area contributed by atoms with E-state index < -0.39 is 5.97 Å². The van der Waals surface area contributed by atoms with Crippen LogP contribution in [0, 0.1) is 0 Å². The lowest BCUT2D eigenvalue weighted by Crippen LogP contribution is -2.13. The van der Waals surface area contributed by atoms with E-state index in [0.717, 1.165) is 0 Å². The van der Waals surface area contributed by atoms with E-state index in [1.165, 1.54) is 20.2 Å².